The fourth-order valence-corrected chi connectivity index (χ4v) is 3.24. The molecule has 0 saturated carbocycles. The Morgan fingerprint density at radius 3 is 2.36 bits per heavy atom. The number of ether oxygens (including phenoxy) is 1. The summed E-state index contributed by atoms with van der Waals surface area (Å²) in [7, 11) is 0. The van der Waals surface area contributed by atoms with Crippen LogP contribution in [0.3, 0.4) is 0 Å². The number of rotatable bonds is 1. The second-order valence-electron chi connectivity index (χ2n) is 7.29. The van der Waals surface area contributed by atoms with E-state index in [-0.39, 0.29) is 12.1 Å². The minimum Gasteiger partial charge on any atom is -0.444 e. The predicted octanol–water partition coefficient (Wildman–Crippen LogP) is 3.36. The number of aryl methyl sites for hydroxylation is 2. The molecule has 122 valence electrons. The molecule has 0 spiro atoms. The van der Waals surface area contributed by atoms with Gasteiger partial charge in [-0.25, -0.2) is 4.79 Å². The Morgan fingerprint density at radius 2 is 1.86 bits per heavy atom. The summed E-state index contributed by atoms with van der Waals surface area (Å²) >= 11 is 0. The van der Waals surface area contributed by atoms with E-state index in [9.17, 15) is 4.79 Å². The Hall–Kier alpha value is -1.55. The van der Waals surface area contributed by atoms with Crippen molar-refractivity contribution in [2.75, 3.05) is 13.1 Å². The van der Waals surface area contributed by atoms with Gasteiger partial charge in [0.25, 0.3) is 0 Å². The summed E-state index contributed by atoms with van der Waals surface area (Å²) in [5, 5.41) is 0. The van der Waals surface area contributed by atoms with Crippen LogP contribution < -0.4 is 5.73 Å². The van der Waals surface area contributed by atoms with Crippen LogP contribution in [0.4, 0.5) is 4.79 Å². The molecule has 4 heteroatoms. The number of nitrogens with two attached hydrogens (primary N) is 1. The first-order valence-electron chi connectivity index (χ1n) is 7.98. The van der Waals surface area contributed by atoms with Crippen molar-refractivity contribution in [1.29, 1.82) is 0 Å². The number of amides is 1. The summed E-state index contributed by atoms with van der Waals surface area (Å²) in [5.74, 6) is 0.305. The van der Waals surface area contributed by atoms with E-state index in [0.29, 0.717) is 19.0 Å². The molecule has 1 aliphatic heterocycles. The van der Waals surface area contributed by atoms with Gasteiger partial charge in [0.05, 0.1) is 0 Å². The van der Waals surface area contributed by atoms with E-state index in [4.69, 9.17) is 10.5 Å². The van der Waals surface area contributed by atoms with Gasteiger partial charge < -0.3 is 15.4 Å². The van der Waals surface area contributed by atoms with Crippen LogP contribution in [0, 0.1) is 13.8 Å². The lowest BCUT2D eigenvalue weighted by Gasteiger charge is -2.38. The Kier molecular flexibility index (Phi) is 4.81. The smallest absolute Gasteiger partial charge is 0.410 e. The van der Waals surface area contributed by atoms with Gasteiger partial charge in [0.1, 0.15) is 5.60 Å². The first kappa shape index (κ1) is 16.8. The molecule has 2 rings (SSSR count). The molecule has 2 atom stereocenters. The fourth-order valence-electron chi connectivity index (χ4n) is 3.24. The number of piperidine rings is 1. The van der Waals surface area contributed by atoms with Gasteiger partial charge in [-0.15, -0.1) is 0 Å². The van der Waals surface area contributed by atoms with Crippen LogP contribution in [0.1, 0.15) is 49.8 Å². The van der Waals surface area contributed by atoms with E-state index in [1.807, 2.05) is 20.8 Å². The van der Waals surface area contributed by atoms with Crippen LogP contribution in [-0.2, 0) is 4.74 Å². The van der Waals surface area contributed by atoms with Crippen molar-refractivity contribution >= 4 is 6.09 Å². The minimum atomic E-state index is -0.468. The largest absolute Gasteiger partial charge is 0.444 e. The number of nitrogens with zero attached hydrogens (tertiary/aromatic N) is 1. The Labute approximate surface area is 133 Å². The van der Waals surface area contributed by atoms with E-state index < -0.39 is 5.60 Å². The molecule has 1 amide bonds. The third kappa shape index (κ3) is 3.80. The third-order valence-electron chi connectivity index (χ3n) is 4.22. The maximum absolute atomic E-state index is 12.2. The lowest BCUT2D eigenvalue weighted by atomic mass is 9.81. The molecule has 0 aromatic heterocycles. The first-order valence-corrected chi connectivity index (χ1v) is 7.98. The lowest BCUT2D eigenvalue weighted by Crippen LogP contribution is -2.51. The molecule has 22 heavy (non-hydrogen) atoms. The van der Waals surface area contributed by atoms with Crippen LogP contribution in [0.5, 0.6) is 0 Å². The van der Waals surface area contributed by atoms with Crippen LogP contribution in [0.2, 0.25) is 0 Å². The van der Waals surface area contributed by atoms with Crippen molar-refractivity contribution < 1.29 is 9.53 Å². The van der Waals surface area contributed by atoms with Crippen LogP contribution >= 0.6 is 0 Å². The highest BCUT2D eigenvalue weighted by Gasteiger charge is 2.33. The molecule has 4 nitrogen and oxygen atoms in total. The number of likely N-dealkylation sites (tertiary alicyclic amines) is 1. The van der Waals surface area contributed by atoms with E-state index in [2.05, 4.69) is 32.0 Å². The summed E-state index contributed by atoms with van der Waals surface area (Å²) in [4.78, 5) is 13.9. The molecule has 0 aliphatic carbocycles. The number of carbonyl (C=O) groups excluding carboxylic acids is 1. The highest BCUT2D eigenvalue weighted by molar-refractivity contribution is 5.68. The maximum atomic E-state index is 12.2. The molecule has 0 bridgehead atoms. The Bertz CT molecular complexity index is 528. The highest BCUT2D eigenvalue weighted by Crippen LogP contribution is 2.32. The standard InChI is InChI=1S/C18H28N2O2/c1-12-7-6-8-13(2)16(12)14-9-10-20(11-15(14)19)17(21)22-18(3,4)5/h6-8,14-15H,9-11,19H2,1-5H3/t14-,15+/m0/s1. The van der Waals surface area contributed by atoms with Gasteiger partial charge in [0, 0.05) is 25.0 Å². The summed E-state index contributed by atoms with van der Waals surface area (Å²) in [6.45, 7) is 11.2. The summed E-state index contributed by atoms with van der Waals surface area (Å²) in [6.07, 6.45) is 0.620. The fraction of sp³-hybridized carbons (Fsp3) is 0.611. The average Bonchev–Trinajstić information content (AvgIpc) is 2.38. The first-order chi connectivity index (χ1) is 10.2. The van der Waals surface area contributed by atoms with Crippen molar-refractivity contribution in [3.63, 3.8) is 0 Å². The molecular formula is C18H28N2O2. The minimum absolute atomic E-state index is 0.0546. The van der Waals surface area contributed by atoms with E-state index in [1.54, 1.807) is 4.90 Å². The normalized spacial score (nSPS) is 22.5. The Morgan fingerprint density at radius 1 is 1.27 bits per heavy atom. The van der Waals surface area contributed by atoms with Crippen LogP contribution in [0.15, 0.2) is 18.2 Å². The molecule has 0 radical (unpaired) electrons. The Balaban J connectivity index is 2.09. The molecule has 1 fully saturated rings. The number of benzene rings is 1. The number of hydrogen-bond acceptors (Lipinski definition) is 3. The molecule has 1 aromatic carbocycles. The zero-order chi connectivity index (χ0) is 16.5. The van der Waals surface area contributed by atoms with Gasteiger partial charge in [-0.05, 0) is 57.7 Å². The van der Waals surface area contributed by atoms with Crippen LogP contribution in [-0.4, -0.2) is 35.7 Å². The van der Waals surface area contributed by atoms with Crippen LogP contribution in [0.25, 0.3) is 0 Å². The number of hydrogen-bond donors (Lipinski definition) is 1. The molecule has 1 saturated heterocycles. The summed E-state index contributed by atoms with van der Waals surface area (Å²) < 4.78 is 5.45. The van der Waals surface area contributed by atoms with E-state index >= 15 is 0 Å². The van der Waals surface area contributed by atoms with Gasteiger partial charge in [-0.1, -0.05) is 18.2 Å². The van der Waals surface area contributed by atoms with E-state index in [0.717, 1.165) is 6.42 Å². The predicted molar refractivity (Wildman–Crippen MR) is 89.1 cm³/mol. The summed E-state index contributed by atoms with van der Waals surface area (Å²) in [5.41, 5.74) is 9.84. The zero-order valence-corrected chi connectivity index (χ0v) is 14.3. The second kappa shape index (κ2) is 6.29. The second-order valence-corrected chi connectivity index (χ2v) is 7.29. The van der Waals surface area contributed by atoms with Gasteiger partial charge in [-0.2, -0.15) is 0 Å². The van der Waals surface area contributed by atoms with E-state index in [1.165, 1.54) is 16.7 Å². The van der Waals surface area contributed by atoms with Crippen molar-refractivity contribution in [2.24, 2.45) is 5.73 Å². The molecule has 1 aromatic rings. The molecule has 0 unspecified atom stereocenters. The highest BCUT2D eigenvalue weighted by atomic mass is 16.6. The summed E-state index contributed by atoms with van der Waals surface area (Å²) in [6, 6.07) is 6.29. The van der Waals surface area contributed by atoms with Crippen molar-refractivity contribution in [3.8, 4) is 0 Å². The molecular weight excluding hydrogens is 276 g/mol. The SMILES string of the molecule is Cc1cccc(C)c1[C@H]1CCN(C(=O)OC(C)(C)C)C[C@H]1N. The maximum Gasteiger partial charge on any atom is 0.410 e. The van der Waals surface area contributed by atoms with Gasteiger partial charge in [0.15, 0.2) is 0 Å². The molecule has 2 N–H and O–H groups in total. The van der Waals surface area contributed by atoms with Gasteiger partial charge in [0.2, 0.25) is 0 Å². The average molecular weight is 304 g/mol. The third-order valence-corrected chi connectivity index (χ3v) is 4.22. The quantitative estimate of drug-likeness (QED) is 0.865. The van der Waals surface area contributed by atoms with Gasteiger partial charge >= 0.3 is 6.09 Å². The van der Waals surface area contributed by atoms with Crippen molar-refractivity contribution in [2.45, 2.75) is 58.6 Å². The van der Waals surface area contributed by atoms with Crippen molar-refractivity contribution in [1.82, 2.24) is 4.90 Å². The zero-order valence-electron chi connectivity index (χ0n) is 14.3. The van der Waals surface area contributed by atoms with Crippen molar-refractivity contribution in [3.05, 3.63) is 34.9 Å². The van der Waals surface area contributed by atoms with Gasteiger partial charge in [-0.3, -0.25) is 0 Å². The topological polar surface area (TPSA) is 55.6 Å². The molecule has 1 aliphatic rings. The number of carbonyl (C=O) groups is 1. The molecule has 1 heterocycles. The lowest BCUT2D eigenvalue weighted by molar-refractivity contribution is 0.0186. The monoisotopic (exact) mass is 304 g/mol.